The molecular formula is C10H16N4O3. The van der Waals surface area contributed by atoms with E-state index in [-0.39, 0.29) is 30.5 Å². The molecule has 0 bridgehead atoms. The first-order chi connectivity index (χ1) is 8.04. The third-order valence-corrected chi connectivity index (χ3v) is 2.49. The molecule has 0 radical (unpaired) electrons. The number of nitrogens with one attached hydrogen (secondary N) is 1. The lowest BCUT2D eigenvalue weighted by Crippen LogP contribution is -2.53. The Morgan fingerprint density at radius 1 is 1.59 bits per heavy atom. The molecule has 17 heavy (non-hydrogen) atoms. The van der Waals surface area contributed by atoms with Crippen LogP contribution in [0.5, 0.6) is 0 Å². The summed E-state index contributed by atoms with van der Waals surface area (Å²) in [6.45, 7) is 5.17. The van der Waals surface area contributed by atoms with Crippen LogP contribution in [0.3, 0.4) is 0 Å². The topological polar surface area (TPSA) is 91.5 Å². The van der Waals surface area contributed by atoms with Crippen LogP contribution in [0.4, 0.5) is 6.01 Å². The van der Waals surface area contributed by atoms with Crippen molar-refractivity contribution >= 4 is 11.9 Å². The van der Waals surface area contributed by atoms with E-state index in [0.717, 1.165) is 0 Å². The molecule has 0 spiro atoms. The fourth-order valence-corrected chi connectivity index (χ4v) is 1.55. The fourth-order valence-electron chi connectivity index (χ4n) is 1.55. The summed E-state index contributed by atoms with van der Waals surface area (Å²) in [6, 6.07) is 0.125. The lowest BCUT2D eigenvalue weighted by atomic mass is 10.2. The summed E-state index contributed by atoms with van der Waals surface area (Å²) in [7, 11) is 0. The number of aromatic nitrogens is 2. The molecule has 1 aliphatic heterocycles. The molecule has 1 saturated heterocycles. The highest BCUT2D eigenvalue weighted by molar-refractivity contribution is 5.90. The van der Waals surface area contributed by atoms with Gasteiger partial charge in [-0.1, -0.05) is 18.9 Å². The van der Waals surface area contributed by atoms with Crippen molar-refractivity contribution in [2.24, 2.45) is 0 Å². The van der Waals surface area contributed by atoms with Gasteiger partial charge in [0.1, 0.15) is 0 Å². The molecule has 2 rings (SSSR count). The number of nitrogens with zero attached hydrogens (tertiary/aromatic N) is 3. The van der Waals surface area contributed by atoms with Crippen LogP contribution in [0.25, 0.3) is 0 Å². The standard InChI is InChI=1S/C10H16N4O3/c1-6(2)9-12-13-10(17-9)11-8(16)5-14-3-7(15)4-14/h6-7,15H,3-5H2,1-2H3,(H,11,13,16). The zero-order valence-electron chi connectivity index (χ0n) is 9.88. The average Bonchev–Trinajstić information content (AvgIpc) is 2.63. The fraction of sp³-hybridized carbons (Fsp3) is 0.700. The van der Waals surface area contributed by atoms with E-state index in [0.29, 0.717) is 19.0 Å². The van der Waals surface area contributed by atoms with Gasteiger partial charge in [0.05, 0.1) is 12.6 Å². The van der Waals surface area contributed by atoms with E-state index in [1.165, 1.54) is 0 Å². The van der Waals surface area contributed by atoms with E-state index in [1.54, 1.807) is 0 Å². The number of amides is 1. The van der Waals surface area contributed by atoms with Crippen LogP contribution in [0.2, 0.25) is 0 Å². The van der Waals surface area contributed by atoms with Crippen molar-refractivity contribution in [3.05, 3.63) is 5.89 Å². The maximum atomic E-state index is 11.5. The van der Waals surface area contributed by atoms with E-state index in [9.17, 15) is 4.79 Å². The van der Waals surface area contributed by atoms with Gasteiger partial charge in [-0.25, -0.2) is 0 Å². The molecule has 7 heteroatoms. The number of carbonyl (C=O) groups excluding carboxylic acids is 1. The Labute approximate surface area is 98.8 Å². The normalized spacial score (nSPS) is 17.2. The van der Waals surface area contributed by atoms with Gasteiger partial charge < -0.3 is 9.52 Å². The van der Waals surface area contributed by atoms with E-state index in [1.807, 2.05) is 18.7 Å². The SMILES string of the molecule is CC(C)c1nnc(NC(=O)CN2CC(O)C2)o1. The number of carbonyl (C=O) groups is 1. The Balaban J connectivity index is 1.81. The van der Waals surface area contributed by atoms with Crippen molar-refractivity contribution in [1.82, 2.24) is 15.1 Å². The van der Waals surface area contributed by atoms with Gasteiger partial charge >= 0.3 is 6.01 Å². The number of hydrogen-bond donors (Lipinski definition) is 2. The molecule has 0 atom stereocenters. The number of anilines is 1. The van der Waals surface area contributed by atoms with Gasteiger partial charge in [0, 0.05) is 19.0 Å². The van der Waals surface area contributed by atoms with Gasteiger partial charge in [0.25, 0.3) is 0 Å². The molecule has 1 aromatic heterocycles. The highest BCUT2D eigenvalue weighted by atomic mass is 16.4. The van der Waals surface area contributed by atoms with Crippen molar-refractivity contribution in [1.29, 1.82) is 0 Å². The third-order valence-electron chi connectivity index (χ3n) is 2.49. The second-order valence-corrected chi connectivity index (χ2v) is 4.50. The van der Waals surface area contributed by atoms with Crippen molar-refractivity contribution in [2.75, 3.05) is 25.0 Å². The minimum absolute atomic E-state index is 0.125. The van der Waals surface area contributed by atoms with Crippen molar-refractivity contribution in [3.63, 3.8) is 0 Å². The lowest BCUT2D eigenvalue weighted by Gasteiger charge is -2.34. The van der Waals surface area contributed by atoms with Gasteiger partial charge in [-0.15, -0.1) is 5.10 Å². The Kier molecular flexibility index (Phi) is 3.39. The van der Waals surface area contributed by atoms with E-state index in [4.69, 9.17) is 9.52 Å². The van der Waals surface area contributed by atoms with Crippen LogP contribution in [0.15, 0.2) is 4.42 Å². The highest BCUT2D eigenvalue weighted by Crippen LogP contribution is 2.15. The predicted molar refractivity (Wildman–Crippen MR) is 59.5 cm³/mol. The minimum atomic E-state index is -0.307. The molecule has 0 unspecified atom stereocenters. The summed E-state index contributed by atoms with van der Waals surface area (Å²) in [5.41, 5.74) is 0. The minimum Gasteiger partial charge on any atom is -0.408 e. The first kappa shape index (κ1) is 12.0. The summed E-state index contributed by atoms with van der Waals surface area (Å²) in [5.74, 6) is 0.425. The van der Waals surface area contributed by atoms with Crippen molar-refractivity contribution < 1.29 is 14.3 Å². The zero-order valence-corrected chi connectivity index (χ0v) is 9.88. The first-order valence-electron chi connectivity index (χ1n) is 5.58. The van der Waals surface area contributed by atoms with Crippen molar-refractivity contribution in [3.8, 4) is 0 Å². The van der Waals surface area contributed by atoms with Gasteiger partial charge in [0.2, 0.25) is 11.8 Å². The van der Waals surface area contributed by atoms with Crippen LogP contribution in [0, 0.1) is 0 Å². The summed E-state index contributed by atoms with van der Waals surface area (Å²) in [5, 5.41) is 19.1. The van der Waals surface area contributed by atoms with Gasteiger partial charge in [-0.05, 0) is 0 Å². The number of hydrogen-bond acceptors (Lipinski definition) is 6. The maximum Gasteiger partial charge on any atom is 0.322 e. The van der Waals surface area contributed by atoms with Crippen LogP contribution in [-0.2, 0) is 4.79 Å². The molecule has 1 fully saturated rings. The quantitative estimate of drug-likeness (QED) is 0.757. The molecule has 2 N–H and O–H groups in total. The smallest absolute Gasteiger partial charge is 0.322 e. The molecule has 0 aromatic carbocycles. The molecular weight excluding hydrogens is 224 g/mol. The number of β-amino-alcohol motifs (C(OH)–C–C–N with tert-alkyl or cyclic N) is 1. The van der Waals surface area contributed by atoms with Gasteiger partial charge in [-0.2, -0.15) is 0 Å². The Hall–Kier alpha value is -1.47. The average molecular weight is 240 g/mol. The monoisotopic (exact) mass is 240 g/mol. The second-order valence-electron chi connectivity index (χ2n) is 4.50. The Morgan fingerprint density at radius 3 is 2.82 bits per heavy atom. The summed E-state index contributed by atoms with van der Waals surface area (Å²) in [6.07, 6.45) is -0.307. The third kappa shape index (κ3) is 3.01. The molecule has 1 aliphatic rings. The molecule has 1 aromatic rings. The summed E-state index contributed by atoms with van der Waals surface area (Å²) < 4.78 is 5.25. The lowest BCUT2D eigenvalue weighted by molar-refractivity contribution is -0.120. The Morgan fingerprint density at radius 2 is 2.29 bits per heavy atom. The number of rotatable bonds is 4. The summed E-state index contributed by atoms with van der Waals surface area (Å²) >= 11 is 0. The first-order valence-corrected chi connectivity index (χ1v) is 5.58. The molecule has 1 amide bonds. The second kappa shape index (κ2) is 4.80. The van der Waals surface area contributed by atoms with Crippen molar-refractivity contribution in [2.45, 2.75) is 25.9 Å². The molecule has 0 saturated carbocycles. The molecule has 7 nitrogen and oxygen atoms in total. The number of likely N-dealkylation sites (tertiary alicyclic amines) is 1. The van der Waals surface area contributed by atoms with E-state index in [2.05, 4.69) is 15.5 Å². The van der Waals surface area contributed by atoms with Crippen LogP contribution in [-0.4, -0.2) is 51.8 Å². The number of aliphatic hydroxyl groups is 1. The summed E-state index contributed by atoms with van der Waals surface area (Å²) in [4.78, 5) is 13.4. The highest BCUT2D eigenvalue weighted by Gasteiger charge is 2.26. The van der Waals surface area contributed by atoms with E-state index >= 15 is 0 Å². The van der Waals surface area contributed by atoms with E-state index < -0.39 is 0 Å². The van der Waals surface area contributed by atoms with Gasteiger partial charge in [0.15, 0.2) is 0 Å². The largest absolute Gasteiger partial charge is 0.408 e. The Bertz CT molecular complexity index is 398. The maximum absolute atomic E-state index is 11.5. The molecule has 94 valence electrons. The van der Waals surface area contributed by atoms with Crippen LogP contribution < -0.4 is 5.32 Å². The predicted octanol–water partition coefficient (Wildman–Crippen LogP) is -0.192. The van der Waals surface area contributed by atoms with Gasteiger partial charge in [-0.3, -0.25) is 15.0 Å². The number of aliphatic hydroxyl groups excluding tert-OH is 1. The molecule has 2 heterocycles. The molecule has 0 aliphatic carbocycles. The zero-order chi connectivity index (χ0) is 12.4. The van der Waals surface area contributed by atoms with Crippen LogP contribution >= 0.6 is 0 Å². The van der Waals surface area contributed by atoms with Crippen LogP contribution in [0.1, 0.15) is 25.7 Å².